The average molecular weight is 445 g/mol. The van der Waals surface area contributed by atoms with Gasteiger partial charge in [0.15, 0.2) is 0 Å². The zero-order valence-corrected chi connectivity index (χ0v) is 20.2. The molecule has 0 radical (unpaired) electrons. The molecule has 3 aliphatic carbocycles. The number of aliphatic hydroxyl groups is 3. The highest BCUT2D eigenvalue weighted by Crippen LogP contribution is 2.49. The highest BCUT2D eigenvalue weighted by atomic mass is 16.5. The van der Waals surface area contributed by atoms with Crippen LogP contribution in [0.25, 0.3) is 0 Å². The molecule has 0 aromatic carbocycles. The van der Waals surface area contributed by atoms with Crippen LogP contribution in [0, 0.1) is 17.3 Å². The van der Waals surface area contributed by atoms with E-state index in [2.05, 4.69) is 24.0 Å². The molecule has 0 aromatic heterocycles. The summed E-state index contributed by atoms with van der Waals surface area (Å²) in [6, 6.07) is 0. The second-order valence-corrected chi connectivity index (χ2v) is 10.5. The Hall–Kier alpha value is -1.12. The molecule has 0 saturated heterocycles. The molecule has 0 bridgehead atoms. The summed E-state index contributed by atoms with van der Waals surface area (Å²) in [5.74, 6) is 6.12. The van der Waals surface area contributed by atoms with Crippen LogP contribution in [-0.4, -0.2) is 45.8 Å². The van der Waals surface area contributed by atoms with Crippen LogP contribution >= 0.6 is 0 Å². The van der Waals surface area contributed by atoms with E-state index in [0.29, 0.717) is 56.7 Å². The minimum absolute atomic E-state index is 0.348. The summed E-state index contributed by atoms with van der Waals surface area (Å²) < 4.78 is 6.12. The SMILES string of the molecule is CCC(O)(C#CCCOC1CCC2(CCC/C(=C\C=C3C[C@@H](O)C[C@@H](O)C3)C2)CC1)CC. The Morgan fingerprint density at radius 2 is 1.69 bits per heavy atom. The topological polar surface area (TPSA) is 69.9 Å². The van der Waals surface area contributed by atoms with Crippen molar-refractivity contribution in [2.24, 2.45) is 5.41 Å². The van der Waals surface area contributed by atoms with Crippen molar-refractivity contribution >= 4 is 0 Å². The van der Waals surface area contributed by atoms with Gasteiger partial charge in [0.2, 0.25) is 0 Å². The van der Waals surface area contributed by atoms with E-state index in [1.165, 1.54) is 49.7 Å². The predicted octanol–water partition coefficient (Wildman–Crippen LogP) is 5.21. The lowest BCUT2D eigenvalue weighted by molar-refractivity contribution is -0.00693. The predicted molar refractivity (Wildman–Crippen MR) is 129 cm³/mol. The van der Waals surface area contributed by atoms with Gasteiger partial charge in [0, 0.05) is 6.42 Å². The van der Waals surface area contributed by atoms with Crippen LogP contribution in [0.1, 0.15) is 104 Å². The Balaban J connectivity index is 1.44. The third-order valence-electron chi connectivity index (χ3n) is 7.97. The number of ether oxygens (including phenoxy) is 1. The molecule has 3 N–H and O–H groups in total. The van der Waals surface area contributed by atoms with Crippen LogP contribution in [0.15, 0.2) is 23.3 Å². The van der Waals surface area contributed by atoms with E-state index in [1.807, 2.05) is 13.8 Å². The lowest BCUT2D eigenvalue weighted by atomic mass is 9.63. The van der Waals surface area contributed by atoms with E-state index in [0.717, 1.165) is 12.8 Å². The quantitative estimate of drug-likeness (QED) is 0.389. The monoisotopic (exact) mass is 444 g/mol. The van der Waals surface area contributed by atoms with Gasteiger partial charge in [-0.3, -0.25) is 0 Å². The molecule has 0 unspecified atom stereocenters. The fraction of sp³-hybridized carbons (Fsp3) is 0.786. The van der Waals surface area contributed by atoms with Crippen molar-refractivity contribution in [2.45, 2.75) is 128 Å². The van der Waals surface area contributed by atoms with E-state index < -0.39 is 17.8 Å². The van der Waals surface area contributed by atoms with E-state index in [-0.39, 0.29) is 0 Å². The van der Waals surface area contributed by atoms with E-state index in [4.69, 9.17) is 4.74 Å². The first-order valence-corrected chi connectivity index (χ1v) is 12.9. The van der Waals surface area contributed by atoms with Crippen LogP contribution in [-0.2, 0) is 4.74 Å². The van der Waals surface area contributed by atoms with E-state index in [1.54, 1.807) is 0 Å². The van der Waals surface area contributed by atoms with Crippen molar-refractivity contribution in [1.82, 2.24) is 0 Å². The fourth-order valence-electron chi connectivity index (χ4n) is 5.76. The van der Waals surface area contributed by atoms with Crippen LogP contribution in [0.3, 0.4) is 0 Å². The molecule has 0 aliphatic heterocycles. The minimum atomic E-state index is -0.837. The normalized spacial score (nSPS) is 34.0. The molecule has 0 amide bonds. The molecule has 3 rings (SSSR count). The number of rotatable bonds is 6. The van der Waals surface area contributed by atoms with Gasteiger partial charge in [-0.25, -0.2) is 0 Å². The Morgan fingerprint density at radius 3 is 2.34 bits per heavy atom. The third kappa shape index (κ3) is 7.45. The van der Waals surface area contributed by atoms with Gasteiger partial charge in [-0.05, 0) is 88.9 Å². The molecule has 1 spiro atoms. The molecule has 180 valence electrons. The first-order chi connectivity index (χ1) is 15.4. The van der Waals surface area contributed by atoms with Gasteiger partial charge in [0.1, 0.15) is 5.60 Å². The lowest BCUT2D eigenvalue weighted by Crippen LogP contribution is -2.33. The van der Waals surface area contributed by atoms with E-state index >= 15 is 0 Å². The maximum absolute atomic E-state index is 10.2. The van der Waals surface area contributed by atoms with Crippen LogP contribution < -0.4 is 0 Å². The van der Waals surface area contributed by atoms with Crippen molar-refractivity contribution in [3.8, 4) is 11.8 Å². The number of hydrogen-bond acceptors (Lipinski definition) is 4. The number of aliphatic hydroxyl groups excluding tert-OH is 2. The second kappa shape index (κ2) is 11.8. The molecule has 4 heteroatoms. The molecule has 3 saturated carbocycles. The molecule has 0 heterocycles. The first kappa shape index (κ1) is 25.5. The van der Waals surface area contributed by atoms with E-state index in [9.17, 15) is 15.3 Å². The fourth-order valence-corrected chi connectivity index (χ4v) is 5.76. The smallest absolute Gasteiger partial charge is 0.125 e. The maximum Gasteiger partial charge on any atom is 0.125 e. The van der Waals surface area contributed by atoms with Gasteiger partial charge in [-0.2, -0.15) is 0 Å². The van der Waals surface area contributed by atoms with Gasteiger partial charge < -0.3 is 20.1 Å². The lowest BCUT2D eigenvalue weighted by Gasteiger charge is -2.43. The van der Waals surface area contributed by atoms with Crippen LogP contribution in [0.2, 0.25) is 0 Å². The highest BCUT2D eigenvalue weighted by molar-refractivity contribution is 5.22. The third-order valence-corrected chi connectivity index (χ3v) is 7.97. The van der Waals surface area contributed by atoms with Gasteiger partial charge in [-0.15, -0.1) is 0 Å². The first-order valence-electron chi connectivity index (χ1n) is 12.9. The molecule has 32 heavy (non-hydrogen) atoms. The summed E-state index contributed by atoms with van der Waals surface area (Å²) >= 11 is 0. The molecule has 3 aliphatic rings. The zero-order valence-electron chi connectivity index (χ0n) is 20.2. The average Bonchev–Trinajstić information content (AvgIpc) is 2.78. The molecule has 2 atom stereocenters. The Kier molecular flexibility index (Phi) is 9.44. The summed E-state index contributed by atoms with van der Waals surface area (Å²) in [4.78, 5) is 0. The highest BCUT2D eigenvalue weighted by Gasteiger charge is 2.37. The number of allylic oxidation sites excluding steroid dienone is 3. The van der Waals surface area contributed by atoms with Crippen molar-refractivity contribution in [3.63, 3.8) is 0 Å². The Bertz CT molecular complexity index is 701. The zero-order chi connectivity index (χ0) is 23.0. The molecule has 0 aromatic rings. The van der Waals surface area contributed by atoms with Gasteiger partial charge in [-0.1, -0.05) is 49.0 Å². The van der Waals surface area contributed by atoms with Gasteiger partial charge >= 0.3 is 0 Å². The summed E-state index contributed by atoms with van der Waals surface area (Å²) in [5, 5.41) is 30.0. The molecular formula is C28H44O4. The molecule has 4 nitrogen and oxygen atoms in total. The van der Waals surface area contributed by atoms with Crippen LogP contribution in [0.5, 0.6) is 0 Å². The Labute approximate surface area is 195 Å². The van der Waals surface area contributed by atoms with Crippen LogP contribution in [0.4, 0.5) is 0 Å². The van der Waals surface area contributed by atoms with Crippen molar-refractivity contribution < 1.29 is 20.1 Å². The van der Waals surface area contributed by atoms with Crippen molar-refractivity contribution in [1.29, 1.82) is 0 Å². The summed E-state index contributed by atoms with van der Waals surface area (Å²) in [5.41, 5.74) is 2.31. The summed E-state index contributed by atoms with van der Waals surface area (Å²) in [6.07, 6.45) is 17.6. The molecule has 3 fully saturated rings. The second-order valence-electron chi connectivity index (χ2n) is 10.5. The van der Waals surface area contributed by atoms with Crippen molar-refractivity contribution in [2.75, 3.05) is 6.61 Å². The summed E-state index contributed by atoms with van der Waals surface area (Å²) in [7, 11) is 0. The maximum atomic E-state index is 10.2. The van der Waals surface area contributed by atoms with Crippen molar-refractivity contribution in [3.05, 3.63) is 23.3 Å². The minimum Gasteiger partial charge on any atom is -0.393 e. The molecular weight excluding hydrogens is 400 g/mol. The Morgan fingerprint density at radius 1 is 1.03 bits per heavy atom. The number of hydrogen-bond donors (Lipinski definition) is 3. The van der Waals surface area contributed by atoms with Gasteiger partial charge in [0.25, 0.3) is 0 Å². The van der Waals surface area contributed by atoms with Gasteiger partial charge in [0.05, 0.1) is 24.9 Å². The summed E-state index contributed by atoms with van der Waals surface area (Å²) in [6.45, 7) is 4.60. The largest absolute Gasteiger partial charge is 0.393 e. The standard InChI is InChI=1S/C28H44O4/c1-3-28(31,4-2)14-5-6-17-32-26-11-15-27(16-12-26)13-7-8-22(21-27)9-10-23-18-24(29)20-25(30)19-23/h9-10,24-26,29-31H,3-4,6-8,11-13,15-21H2,1-2H3/b22-9+,23-10?/t24-,25+,26?,27?.